The molecule has 27 heavy (non-hydrogen) atoms. The molecule has 0 aromatic carbocycles. The molecule has 8 nitrogen and oxygen atoms in total. The lowest BCUT2D eigenvalue weighted by atomic mass is 9.96. The van der Waals surface area contributed by atoms with Crippen molar-refractivity contribution in [1.82, 2.24) is 30.5 Å². The maximum atomic E-state index is 5.15. The van der Waals surface area contributed by atoms with E-state index < -0.39 is 0 Å². The second-order valence-corrected chi connectivity index (χ2v) is 8.65. The van der Waals surface area contributed by atoms with Crippen molar-refractivity contribution in [3.05, 3.63) is 24.8 Å². The Morgan fingerprint density at radius 3 is 2.78 bits per heavy atom. The van der Waals surface area contributed by atoms with E-state index in [4.69, 9.17) is 14.9 Å². The van der Waals surface area contributed by atoms with Gasteiger partial charge in [0, 0.05) is 25.0 Å². The van der Waals surface area contributed by atoms with Crippen molar-refractivity contribution < 1.29 is 4.94 Å². The Morgan fingerprint density at radius 1 is 1.33 bits per heavy atom. The van der Waals surface area contributed by atoms with Crippen molar-refractivity contribution in [2.45, 2.75) is 58.2 Å². The minimum atomic E-state index is -0.140. The van der Waals surface area contributed by atoms with E-state index in [0.717, 1.165) is 48.9 Å². The van der Waals surface area contributed by atoms with Gasteiger partial charge in [0.2, 0.25) is 0 Å². The predicted molar refractivity (Wildman–Crippen MR) is 105 cm³/mol. The van der Waals surface area contributed by atoms with Gasteiger partial charge >= 0.3 is 0 Å². The van der Waals surface area contributed by atoms with Crippen LogP contribution < -0.4 is 15.9 Å². The number of hydroxylamine groups is 2. The van der Waals surface area contributed by atoms with Crippen LogP contribution >= 0.6 is 0 Å². The summed E-state index contributed by atoms with van der Waals surface area (Å²) in [6.45, 7) is 15.1. The van der Waals surface area contributed by atoms with Crippen LogP contribution in [0, 0.1) is 5.92 Å². The number of rotatable bonds is 4. The number of anilines is 1. The van der Waals surface area contributed by atoms with Gasteiger partial charge in [0.05, 0.1) is 18.4 Å². The molecule has 3 atom stereocenters. The molecular formula is C19H29N7O. The van der Waals surface area contributed by atoms with Crippen molar-refractivity contribution in [3.63, 3.8) is 0 Å². The fourth-order valence-electron chi connectivity index (χ4n) is 3.59. The van der Waals surface area contributed by atoms with Crippen molar-refractivity contribution in [1.29, 1.82) is 0 Å². The third-order valence-electron chi connectivity index (χ3n) is 5.43. The van der Waals surface area contributed by atoms with Gasteiger partial charge in [-0.1, -0.05) is 26.8 Å². The van der Waals surface area contributed by atoms with Gasteiger partial charge in [-0.25, -0.2) is 19.9 Å². The number of nitrogens with zero attached hydrogens (tertiary/aromatic N) is 5. The summed E-state index contributed by atoms with van der Waals surface area (Å²) in [5.41, 5.74) is 7.56. The first-order valence-corrected chi connectivity index (χ1v) is 9.64. The van der Waals surface area contributed by atoms with E-state index in [-0.39, 0.29) is 17.5 Å². The minimum Gasteiger partial charge on any atom is -0.354 e. The van der Waals surface area contributed by atoms with E-state index in [0.29, 0.717) is 5.92 Å². The fraction of sp³-hybridized carbons (Fsp3) is 0.632. The van der Waals surface area contributed by atoms with E-state index in [1.54, 1.807) is 0 Å². The normalized spacial score (nSPS) is 26.2. The minimum absolute atomic E-state index is 0.140. The molecule has 2 aliphatic heterocycles. The molecule has 8 heteroatoms. The Balaban J connectivity index is 1.76. The summed E-state index contributed by atoms with van der Waals surface area (Å²) in [6, 6.07) is 0.355. The Labute approximate surface area is 159 Å². The molecule has 2 aromatic rings. The highest BCUT2D eigenvalue weighted by Crippen LogP contribution is 2.31. The molecule has 2 N–H and O–H groups in total. The Hall–Kier alpha value is -2.03. The first kappa shape index (κ1) is 18.3. The van der Waals surface area contributed by atoms with Crippen LogP contribution in [-0.2, 0) is 16.9 Å². The number of nitrogens with one attached hydrogen (secondary N) is 2. The predicted octanol–water partition coefficient (Wildman–Crippen LogP) is 1.93. The van der Waals surface area contributed by atoms with Gasteiger partial charge in [0.1, 0.15) is 5.82 Å². The summed E-state index contributed by atoms with van der Waals surface area (Å²) in [4.78, 5) is 22.0. The van der Waals surface area contributed by atoms with Crippen LogP contribution in [0.3, 0.4) is 0 Å². The second-order valence-electron chi connectivity index (χ2n) is 8.65. The Bertz CT molecular complexity index is 840. The lowest BCUT2D eigenvalue weighted by molar-refractivity contribution is 0.00893. The fourth-order valence-corrected chi connectivity index (χ4v) is 3.59. The molecular weight excluding hydrogens is 342 g/mol. The molecule has 2 saturated heterocycles. The van der Waals surface area contributed by atoms with Gasteiger partial charge < -0.3 is 9.47 Å². The summed E-state index contributed by atoms with van der Waals surface area (Å²) in [6.07, 6.45) is 5.01. The lowest BCUT2D eigenvalue weighted by Crippen LogP contribution is -2.35. The third-order valence-corrected chi connectivity index (χ3v) is 5.43. The molecule has 146 valence electrons. The van der Waals surface area contributed by atoms with Crippen LogP contribution in [0.1, 0.15) is 39.9 Å². The highest BCUT2D eigenvalue weighted by atomic mass is 16.8. The average Bonchev–Trinajstić information content (AvgIpc) is 3.35. The van der Waals surface area contributed by atoms with Crippen LogP contribution in [-0.4, -0.2) is 44.7 Å². The number of fused-ring (bicyclic) bond motifs is 1. The monoisotopic (exact) mass is 371 g/mol. The molecule has 2 aliphatic rings. The van der Waals surface area contributed by atoms with E-state index in [1.807, 2.05) is 12.4 Å². The molecule has 0 amide bonds. The van der Waals surface area contributed by atoms with Crippen molar-refractivity contribution in [2.24, 2.45) is 5.92 Å². The molecule has 0 aliphatic carbocycles. The first-order chi connectivity index (χ1) is 12.9. The van der Waals surface area contributed by atoms with Crippen LogP contribution in [0.15, 0.2) is 19.0 Å². The molecule has 3 unspecified atom stereocenters. The van der Waals surface area contributed by atoms with Crippen molar-refractivity contribution in [2.75, 3.05) is 18.0 Å². The van der Waals surface area contributed by atoms with Crippen molar-refractivity contribution >= 4 is 17.0 Å². The van der Waals surface area contributed by atoms with Gasteiger partial charge in [0.25, 0.3) is 0 Å². The van der Waals surface area contributed by atoms with Gasteiger partial charge in [-0.15, -0.1) is 6.58 Å². The zero-order valence-corrected chi connectivity index (χ0v) is 16.6. The molecule has 0 spiro atoms. The standard InChI is InChI=1S/C19H29N7O/c1-6-13-7-8-25(9-13)16-15-17(22-18(21-16)19(3,4)5)26(11-20-15)10-14-12(2)23-27-24-14/h6,11-14,23-24H,1,7-10H2,2-5H3. The first-order valence-electron chi connectivity index (χ1n) is 9.64. The highest BCUT2D eigenvalue weighted by molar-refractivity contribution is 5.84. The Kier molecular flexibility index (Phi) is 4.65. The van der Waals surface area contributed by atoms with E-state index in [9.17, 15) is 0 Å². The van der Waals surface area contributed by atoms with Crippen LogP contribution in [0.4, 0.5) is 5.82 Å². The number of hydrogen-bond donors (Lipinski definition) is 2. The SMILES string of the molecule is C=CC1CCN(c2nc(C(C)(C)C)nc3c2ncn3CC2NONC2C)C1. The summed E-state index contributed by atoms with van der Waals surface area (Å²) in [7, 11) is 0. The molecule has 0 bridgehead atoms. The van der Waals surface area contributed by atoms with Gasteiger partial charge in [-0.05, 0) is 19.3 Å². The number of aromatic nitrogens is 4. The topological polar surface area (TPSA) is 80.1 Å². The largest absolute Gasteiger partial charge is 0.354 e. The van der Waals surface area contributed by atoms with Crippen LogP contribution in [0.5, 0.6) is 0 Å². The van der Waals surface area contributed by atoms with Gasteiger partial charge in [0.15, 0.2) is 17.0 Å². The van der Waals surface area contributed by atoms with Crippen molar-refractivity contribution in [3.8, 4) is 0 Å². The third kappa shape index (κ3) is 3.44. The summed E-state index contributed by atoms with van der Waals surface area (Å²) in [5.74, 6) is 2.28. The number of hydrogen-bond acceptors (Lipinski definition) is 7. The maximum absolute atomic E-state index is 5.15. The van der Waals surface area contributed by atoms with E-state index >= 15 is 0 Å². The molecule has 4 heterocycles. The molecule has 0 saturated carbocycles. The zero-order chi connectivity index (χ0) is 19.2. The molecule has 4 rings (SSSR count). The molecule has 2 aromatic heterocycles. The average molecular weight is 371 g/mol. The van der Waals surface area contributed by atoms with Crippen LogP contribution in [0.2, 0.25) is 0 Å². The summed E-state index contributed by atoms with van der Waals surface area (Å²) in [5, 5.41) is 0. The van der Waals surface area contributed by atoms with Gasteiger partial charge in [-0.3, -0.25) is 0 Å². The van der Waals surface area contributed by atoms with Gasteiger partial charge in [-0.2, -0.15) is 11.0 Å². The zero-order valence-electron chi connectivity index (χ0n) is 16.6. The summed E-state index contributed by atoms with van der Waals surface area (Å²) >= 11 is 0. The highest BCUT2D eigenvalue weighted by Gasteiger charge is 2.29. The lowest BCUT2D eigenvalue weighted by Gasteiger charge is -2.22. The smallest absolute Gasteiger partial charge is 0.165 e. The quantitative estimate of drug-likeness (QED) is 0.795. The van der Waals surface area contributed by atoms with Crippen LogP contribution in [0.25, 0.3) is 11.2 Å². The van der Waals surface area contributed by atoms with E-state index in [1.165, 1.54) is 0 Å². The Morgan fingerprint density at radius 2 is 2.15 bits per heavy atom. The molecule has 0 radical (unpaired) electrons. The molecule has 2 fully saturated rings. The van der Waals surface area contributed by atoms with E-state index in [2.05, 4.69) is 59.7 Å². The second kappa shape index (κ2) is 6.85. The summed E-state index contributed by atoms with van der Waals surface area (Å²) < 4.78 is 2.10. The maximum Gasteiger partial charge on any atom is 0.165 e. The number of imidazole rings is 1.